The van der Waals surface area contributed by atoms with Crippen molar-refractivity contribution in [3.63, 3.8) is 0 Å². The van der Waals surface area contributed by atoms with Crippen LogP contribution in [0.4, 0.5) is 0 Å². The molecule has 2 fully saturated rings. The van der Waals surface area contributed by atoms with Gasteiger partial charge in [-0.05, 0) is 48.8 Å². The molecular formula is C19H20O5. The van der Waals surface area contributed by atoms with Crippen LogP contribution < -0.4 is 0 Å². The van der Waals surface area contributed by atoms with Gasteiger partial charge in [0.15, 0.2) is 0 Å². The maximum atomic E-state index is 13.0. The molecule has 1 aromatic rings. The fourth-order valence-electron chi connectivity index (χ4n) is 5.36. The number of carbonyl (C=O) groups is 2. The summed E-state index contributed by atoms with van der Waals surface area (Å²) in [7, 11) is 0. The first-order valence-corrected chi connectivity index (χ1v) is 8.78. The van der Waals surface area contributed by atoms with Crippen molar-refractivity contribution < 1.29 is 23.5 Å². The highest BCUT2D eigenvalue weighted by Crippen LogP contribution is 2.61. The molecule has 0 saturated carbocycles. The molecule has 1 spiro atoms. The fourth-order valence-corrected chi connectivity index (χ4v) is 5.36. The van der Waals surface area contributed by atoms with Crippen LogP contribution in [0.3, 0.4) is 0 Å². The molecule has 126 valence electrons. The monoisotopic (exact) mass is 328 g/mol. The van der Waals surface area contributed by atoms with Crippen molar-refractivity contribution in [1.29, 1.82) is 0 Å². The van der Waals surface area contributed by atoms with Crippen molar-refractivity contribution in [2.24, 2.45) is 17.3 Å². The molecule has 5 rings (SSSR count). The van der Waals surface area contributed by atoms with Crippen molar-refractivity contribution in [3.8, 4) is 0 Å². The van der Waals surface area contributed by atoms with Crippen LogP contribution in [-0.4, -0.2) is 18.0 Å². The molecule has 0 unspecified atom stereocenters. The second-order valence-corrected chi connectivity index (χ2v) is 7.57. The van der Waals surface area contributed by atoms with Gasteiger partial charge in [-0.1, -0.05) is 6.92 Å². The summed E-state index contributed by atoms with van der Waals surface area (Å²) in [5, 5.41) is 0. The zero-order chi connectivity index (χ0) is 16.5. The maximum absolute atomic E-state index is 13.0. The largest absolute Gasteiger partial charge is 0.472 e. The predicted octanol–water partition coefficient (Wildman–Crippen LogP) is 3.32. The van der Waals surface area contributed by atoms with E-state index in [1.165, 1.54) is 0 Å². The fraction of sp³-hybridized carbons (Fsp3) is 0.579. The third-order valence-corrected chi connectivity index (χ3v) is 6.52. The lowest BCUT2D eigenvalue weighted by Gasteiger charge is -2.43. The molecule has 3 heterocycles. The molecule has 1 aromatic heterocycles. The minimum absolute atomic E-state index is 0.103. The molecular weight excluding hydrogens is 308 g/mol. The van der Waals surface area contributed by atoms with E-state index in [-0.39, 0.29) is 36.0 Å². The standard InChI is InChI=1S/C19H20O5/c1-10-7-14-16-12(17(20)23-14)3-2-4-13(16)19(10)8-15(24-18(19)21)11-5-6-22-9-11/h5-6,9-10,12,14-15H,2-4,7-8H2,1H3/t10-,12+,14-,15+,19-/m1/s1. The van der Waals surface area contributed by atoms with Gasteiger partial charge in [-0.15, -0.1) is 0 Å². The van der Waals surface area contributed by atoms with Crippen molar-refractivity contribution in [2.45, 2.75) is 51.2 Å². The van der Waals surface area contributed by atoms with E-state index in [0.717, 1.165) is 36.0 Å². The Morgan fingerprint density at radius 2 is 2.08 bits per heavy atom. The molecule has 0 bridgehead atoms. The van der Waals surface area contributed by atoms with Gasteiger partial charge in [0.1, 0.15) is 12.2 Å². The average Bonchev–Trinajstić information content (AvgIpc) is 3.26. The van der Waals surface area contributed by atoms with Gasteiger partial charge in [0.25, 0.3) is 0 Å². The SMILES string of the molecule is C[C@@H]1C[C@H]2OC(=O)[C@H]3CCCC(=C32)[C@@]12C[C@@H](c1ccoc1)OC2=O. The van der Waals surface area contributed by atoms with E-state index in [4.69, 9.17) is 13.9 Å². The lowest BCUT2D eigenvalue weighted by atomic mass is 9.57. The van der Waals surface area contributed by atoms with Crippen LogP contribution in [0.15, 0.2) is 34.2 Å². The van der Waals surface area contributed by atoms with Gasteiger partial charge in [-0.25, -0.2) is 0 Å². The smallest absolute Gasteiger partial charge is 0.317 e. The molecule has 0 aromatic carbocycles. The zero-order valence-electron chi connectivity index (χ0n) is 13.6. The predicted molar refractivity (Wildman–Crippen MR) is 82.6 cm³/mol. The van der Waals surface area contributed by atoms with Crippen LogP contribution in [0.25, 0.3) is 0 Å². The summed E-state index contributed by atoms with van der Waals surface area (Å²) >= 11 is 0. The lowest BCUT2D eigenvalue weighted by molar-refractivity contribution is -0.150. The molecule has 2 aliphatic heterocycles. The van der Waals surface area contributed by atoms with Crippen molar-refractivity contribution in [3.05, 3.63) is 35.3 Å². The molecule has 5 atom stereocenters. The molecule has 5 nitrogen and oxygen atoms in total. The van der Waals surface area contributed by atoms with Gasteiger partial charge in [-0.3, -0.25) is 9.59 Å². The van der Waals surface area contributed by atoms with Gasteiger partial charge >= 0.3 is 11.9 Å². The summed E-state index contributed by atoms with van der Waals surface area (Å²) in [6, 6.07) is 1.86. The topological polar surface area (TPSA) is 65.7 Å². The highest BCUT2D eigenvalue weighted by atomic mass is 16.6. The highest BCUT2D eigenvalue weighted by Gasteiger charge is 2.62. The molecule has 2 saturated heterocycles. The van der Waals surface area contributed by atoms with E-state index in [9.17, 15) is 9.59 Å². The van der Waals surface area contributed by atoms with E-state index in [0.29, 0.717) is 12.8 Å². The average molecular weight is 328 g/mol. The first kappa shape index (κ1) is 14.3. The zero-order valence-corrected chi connectivity index (χ0v) is 13.6. The first-order chi connectivity index (χ1) is 11.6. The van der Waals surface area contributed by atoms with Gasteiger partial charge in [0, 0.05) is 12.0 Å². The Morgan fingerprint density at radius 1 is 1.21 bits per heavy atom. The third-order valence-electron chi connectivity index (χ3n) is 6.52. The molecule has 4 aliphatic rings. The van der Waals surface area contributed by atoms with Gasteiger partial charge in [0.05, 0.1) is 23.9 Å². The highest BCUT2D eigenvalue weighted by molar-refractivity contribution is 5.87. The summed E-state index contributed by atoms with van der Waals surface area (Å²) in [6.07, 6.45) is 6.88. The lowest BCUT2D eigenvalue weighted by Crippen LogP contribution is -2.44. The van der Waals surface area contributed by atoms with Crippen LogP contribution in [0, 0.1) is 17.3 Å². The van der Waals surface area contributed by atoms with Crippen LogP contribution in [0.5, 0.6) is 0 Å². The summed E-state index contributed by atoms with van der Waals surface area (Å²) in [6.45, 7) is 2.10. The maximum Gasteiger partial charge on any atom is 0.317 e. The second kappa shape index (κ2) is 4.74. The molecule has 0 N–H and O–H groups in total. The first-order valence-electron chi connectivity index (χ1n) is 8.78. The summed E-state index contributed by atoms with van der Waals surface area (Å²) < 4.78 is 16.6. The number of furan rings is 1. The molecule has 5 heteroatoms. The van der Waals surface area contributed by atoms with Crippen LogP contribution in [0.1, 0.15) is 50.7 Å². The number of cyclic esters (lactones) is 1. The quantitative estimate of drug-likeness (QED) is 0.584. The minimum Gasteiger partial charge on any atom is -0.472 e. The molecule has 0 radical (unpaired) electrons. The Morgan fingerprint density at radius 3 is 2.88 bits per heavy atom. The number of carbonyl (C=O) groups excluding carboxylic acids is 2. The Kier molecular flexibility index (Phi) is 2.83. The van der Waals surface area contributed by atoms with Crippen molar-refractivity contribution in [2.75, 3.05) is 0 Å². The molecule has 24 heavy (non-hydrogen) atoms. The Hall–Kier alpha value is -2.04. The minimum atomic E-state index is -0.597. The van der Waals surface area contributed by atoms with Gasteiger partial charge in [0.2, 0.25) is 0 Å². The van der Waals surface area contributed by atoms with E-state index in [1.807, 2.05) is 6.07 Å². The Bertz CT molecular complexity index is 746. The van der Waals surface area contributed by atoms with E-state index in [1.54, 1.807) is 12.5 Å². The number of hydrogen-bond donors (Lipinski definition) is 0. The number of esters is 2. The Balaban J connectivity index is 1.63. The second-order valence-electron chi connectivity index (χ2n) is 7.57. The summed E-state index contributed by atoms with van der Waals surface area (Å²) in [4.78, 5) is 25.2. The van der Waals surface area contributed by atoms with E-state index < -0.39 is 5.41 Å². The number of hydrogen-bond acceptors (Lipinski definition) is 5. The van der Waals surface area contributed by atoms with Crippen LogP contribution in [0.2, 0.25) is 0 Å². The van der Waals surface area contributed by atoms with Crippen molar-refractivity contribution in [1.82, 2.24) is 0 Å². The van der Waals surface area contributed by atoms with Gasteiger partial charge in [-0.2, -0.15) is 0 Å². The number of fused-ring (bicyclic) bond motifs is 1. The number of rotatable bonds is 1. The van der Waals surface area contributed by atoms with Gasteiger partial charge < -0.3 is 13.9 Å². The number of ether oxygens (including phenoxy) is 2. The summed E-state index contributed by atoms with van der Waals surface area (Å²) in [5.74, 6) is -0.268. The van der Waals surface area contributed by atoms with Crippen molar-refractivity contribution >= 4 is 11.9 Å². The van der Waals surface area contributed by atoms with E-state index >= 15 is 0 Å². The normalized spacial score (nSPS) is 40.7. The third kappa shape index (κ3) is 1.65. The van der Waals surface area contributed by atoms with E-state index in [2.05, 4.69) is 6.92 Å². The Labute approximate surface area is 140 Å². The van der Waals surface area contributed by atoms with Crippen LogP contribution in [-0.2, 0) is 19.1 Å². The molecule has 2 aliphatic carbocycles. The molecule has 0 amide bonds. The van der Waals surface area contributed by atoms with Crippen LogP contribution >= 0.6 is 0 Å². The summed E-state index contributed by atoms with van der Waals surface area (Å²) in [5.41, 5.74) is 2.56.